The van der Waals surface area contributed by atoms with Gasteiger partial charge in [-0.2, -0.15) is 0 Å². The SMILES string of the molecule is c1ccc(-c2nnc(-c3ccc(N4c5ccccc5N(c5ccccc5)c5ccccc54)cc3)n2-c2ccccc2)cc1.c1ccc(-n2c3ccccc3c3cc(-c4ccc5[nH]c6ccccc6c5c4)ccc32)cc1. The van der Waals surface area contributed by atoms with Crippen LogP contribution in [0.1, 0.15) is 0 Å². The van der Waals surface area contributed by atoms with E-state index in [1.54, 1.807) is 0 Å². The van der Waals surface area contributed by atoms with Crippen LogP contribution in [0.25, 0.3) is 88.9 Å². The maximum absolute atomic E-state index is 4.69. The molecule has 1 aliphatic heterocycles. The lowest BCUT2D eigenvalue weighted by Crippen LogP contribution is -2.23. The fraction of sp³-hybridized carbons (Fsp3) is 0. The first-order valence-electron chi connectivity index (χ1n) is 25.3. The van der Waals surface area contributed by atoms with Crippen molar-refractivity contribution in [3.63, 3.8) is 0 Å². The largest absolute Gasteiger partial charge is 0.355 e. The summed E-state index contributed by atoms with van der Waals surface area (Å²) in [5.41, 5.74) is 18.2. The molecule has 0 unspecified atom stereocenters. The summed E-state index contributed by atoms with van der Waals surface area (Å²) in [6.07, 6.45) is 0. The number of para-hydroxylation sites is 9. The van der Waals surface area contributed by atoms with Crippen LogP contribution in [-0.2, 0) is 0 Å². The van der Waals surface area contributed by atoms with Gasteiger partial charge < -0.3 is 19.4 Å². The average Bonchev–Trinajstić information content (AvgIpc) is 4.22. The summed E-state index contributed by atoms with van der Waals surface area (Å²) in [5, 5.41) is 14.4. The molecule has 1 N–H and O–H groups in total. The number of anilines is 6. The highest BCUT2D eigenvalue weighted by Gasteiger charge is 2.30. The fourth-order valence-electron chi connectivity index (χ4n) is 10.9. The molecule has 7 heteroatoms. The molecule has 0 saturated carbocycles. The van der Waals surface area contributed by atoms with Gasteiger partial charge >= 0.3 is 0 Å². The molecule has 3 aromatic heterocycles. The van der Waals surface area contributed by atoms with Crippen LogP contribution in [0, 0.1) is 0 Å². The van der Waals surface area contributed by atoms with Crippen molar-refractivity contribution in [2.45, 2.75) is 0 Å². The molecule has 1 aliphatic rings. The molecule has 354 valence electrons. The molecule has 0 atom stereocenters. The van der Waals surface area contributed by atoms with E-state index < -0.39 is 0 Å². The Morgan fingerprint density at radius 1 is 0.253 bits per heavy atom. The Morgan fingerprint density at radius 2 is 0.653 bits per heavy atom. The second kappa shape index (κ2) is 18.4. The van der Waals surface area contributed by atoms with Crippen LogP contribution in [0.3, 0.4) is 0 Å². The van der Waals surface area contributed by atoms with E-state index >= 15 is 0 Å². The van der Waals surface area contributed by atoms with Crippen LogP contribution < -0.4 is 9.80 Å². The molecule has 0 bridgehead atoms. The number of aromatic amines is 1. The van der Waals surface area contributed by atoms with Crippen molar-refractivity contribution in [3.05, 3.63) is 279 Å². The maximum Gasteiger partial charge on any atom is 0.168 e. The van der Waals surface area contributed by atoms with E-state index in [2.05, 4.69) is 277 Å². The van der Waals surface area contributed by atoms with Crippen LogP contribution >= 0.6 is 0 Å². The van der Waals surface area contributed by atoms with Crippen molar-refractivity contribution in [3.8, 4) is 45.3 Å². The second-order valence-corrected chi connectivity index (χ2v) is 18.8. The van der Waals surface area contributed by atoms with Gasteiger partial charge in [0.05, 0.1) is 33.8 Å². The summed E-state index contributed by atoms with van der Waals surface area (Å²) in [6.45, 7) is 0. The lowest BCUT2D eigenvalue weighted by Gasteiger charge is -2.40. The Balaban J connectivity index is 0.000000144. The Kier molecular flexibility index (Phi) is 10.7. The smallest absolute Gasteiger partial charge is 0.168 e. The molecule has 0 spiro atoms. The number of rotatable bonds is 7. The van der Waals surface area contributed by atoms with E-state index in [9.17, 15) is 0 Å². The topological polar surface area (TPSA) is 57.9 Å². The number of hydrogen-bond donors (Lipinski definition) is 1. The zero-order chi connectivity index (χ0) is 49.7. The number of nitrogens with one attached hydrogen (secondary N) is 1. The van der Waals surface area contributed by atoms with Gasteiger partial charge in [-0.05, 0) is 132 Å². The number of aromatic nitrogens is 5. The summed E-state index contributed by atoms with van der Waals surface area (Å²) in [6, 6.07) is 98.2. The second-order valence-electron chi connectivity index (χ2n) is 18.8. The zero-order valence-corrected chi connectivity index (χ0v) is 40.7. The Morgan fingerprint density at radius 3 is 1.25 bits per heavy atom. The molecule has 4 heterocycles. The van der Waals surface area contributed by atoms with Crippen LogP contribution in [-0.4, -0.2) is 24.3 Å². The van der Waals surface area contributed by atoms with Crippen LogP contribution in [0.5, 0.6) is 0 Å². The summed E-state index contributed by atoms with van der Waals surface area (Å²) in [5.74, 6) is 1.61. The Bertz CT molecular complexity index is 4300. The third-order valence-electron chi connectivity index (χ3n) is 14.4. The van der Waals surface area contributed by atoms with Crippen LogP contribution in [0.4, 0.5) is 34.1 Å². The zero-order valence-electron chi connectivity index (χ0n) is 40.7. The van der Waals surface area contributed by atoms with Gasteiger partial charge in [0.15, 0.2) is 11.6 Å². The molecule has 0 saturated heterocycles. The van der Waals surface area contributed by atoms with Gasteiger partial charge in [-0.25, -0.2) is 0 Å². The third kappa shape index (κ3) is 7.61. The first kappa shape index (κ1) is 43.5. The van der Waals surface area contributed by atoms with Gasteiger partial charge in [-0.1, -0.05) is 158 Å². The van der Waals surface area contributed by atoms with Gasteiger partial charge in [0.1, 0.15) is 0 Å². The minimum absolute atomic E-state index is 0.798. The van der Waals surface area contributed by atoms with Crippen molar-refractivity contribution in [1.29, 1.82) is 0 Å². The van der Waals surface area contributed by atoms with Gasteiger partial charge in [-0.3, -0.25) is 4.57 Å². The molecule has 14 aromatic rings. The van der Waals surface area contributed by atoms with Crippen LogP contribution in [0.15, 0.2) is 279 Å². The highest BCUT2D eigenvalue weighted by Crippen LogP contribution is 2.54. The number of benzene rings is 11. The van der Waals surface area contributed by atoms with Gasteiger partial charge in [0.25, 0.3) is 0 Å². The van der Waals surface area contributed by atoms with E-state index in [4.69, 9.17) is 0 Å². The molecule has 0 radical (unpaired) electrons. The van der Waals surface area contributed by atoms with Crippen molar-refractivity contribution >= 4 is 77.7 Å². The monoisotopic (exact) mass is 961 g/mol. The Labute approximate surface area is 434 Å². The van der Waals surface area contributed by atoms with Crippen molar-refractivity contribution in [1.82, 2.24) is 24.3 Å². The minimum Gasteiger partial charge on any atom is -0.355 e. The molecule has 11 aromatic carbocycles. The normalized spacial score (nSPS) is 11.9. The highest BCUT2D eigenvalue weighted by atomic mass is 15.3. The molecule has 0 aliphatic carbocycles. The van der Waals surface area contributed by atoms with E-state index in [0.717, 1.165) is 62.6 Å². The molecule has 15 rings (SSSR count). The molecule has 0 fully saturated rings. The van der Waals surface area contributed by atoms with E-state index in [-0.39, 0.29) is 0 Å². The highest BCUT2D eigenvalue weighted by molar-refractivity contribution is 6.12. The molecule has 75 heavy (non-hydrogen) atoms. The quantitative estimate of drug-likeness (QED) is 0.173. The summed E-state index contributed by atoms with van der Waals surface area (Å²) < 4.78 is 4.49. The van der Waals surface area contributed by atoms with Crippen LogP contribution in [0.2, 0.25) is 0 Å². The average molecular weight is 962 g/mol. The molecule has 7 nitrogen and oxygen atoms in total. The molecule has 0 amide bonds. The summed E-state index contributed by atoms with van der Waals surface area (Å²) in [4.78, 5) is 8.20. The van der Waals surface area contributed by atoms with E-state index in [0.29, 0.717) is 0 Å². The van der Waals surface area contributed by atoms with Gasteiger partial charge in [0.2, 0.25) is 0 Å². The van der Waals surface area contributed by atoms with E-state index in [1.165, 1.54) is 60.4 Å². The minimum atomic E-state index is 0.798. The predicted octanol–water partition coefficient (Wildman–Crippen LogP) is 17.9. The van der Waals surface area contributed by atoms with Gasteiger partial charge in [-0.15, -0.1) is 10.2 Å². The third-order valence-corrected chi connectivity index (χ3v) is 14.4. The Hall–Kier alpha value is -10.2. The first-order chi connectivity index (χ1) is 37.2. The number of hydrogen-bond acceptors (Lipinski definition) is 4. The molecular weight excluding hydrogens is 915 g/mol. The lowest BCUT2D eigenvalue weighted by molar-refractivity contribution is 1.07. The predicted molar refractivity (Wildman–Crippen MR) is 311 cm³/mol. The first-order valence-corrected chi connectivity index (χ1v) is 25.3. The maximum atomic E-state index is 4.69. The van der Waals surface area contributed by atoms with Crippen molar-refractivity contribution in [2.24, 2.45) is 0 Å². The molecular formula is C68H47N7. The van der Waals surface area contributed by atoms with Crippen molar-refractivity contribution in [2.75, 3.05) is 9.80 Å². The van der Waals surface area contributed by atoms with E-state index in [1.807, 2.05) is 36.4 Å². The summed E-state index contributed by atoms with van der Waals surface area (Å²) in [7, 11) is 0. The number of nitrogens with zero attached hydrogens (tertiary/aromatic N) is 6. The van der Waals surface area contributed by atoms with Gasteiger partial charge in [0, 0.05) is 66.5 Å². The fourth-order valence-corrected chi connectivity index (χ4v) is 10.9. The summed E-state index contributed by atoms with van der Waals surface area (Å²) >= 11 is 0. The standard InChI is InChI=1S/C38H27N5.C30H20N2/c1-4-14-28(15-5-1)37-39-40-38(43(37)31-18-8-3-9-19-31)29-24-26-32(27-25-29)42-35-22-12-10-20-33(35)41(30-16-6-2-7-17-30)34-21-11-13-23-36(34)42;1-2-8-22(9-3-1)32-29-13-7-5-11-24(29)26-19-21(15-17-30(26)32)20-14-16-28-25(18-20)23-10-4-6-12-27(23)31-28/h1-27H;1-19,31H. The van der Waals surface area contributed by atoms with Crippen molar-refractivity contribution < 1.29 is 0 Å². The number of H-pyrrole nitrogens is 1. The number of fused-ring (bicyclic) bond motifs is 8. The lowest BCUT2D eigenvalue weighted by atomic mass is 10.0.